The van der Waals surface area contributed by atoms with Gasteiger partial charge >= 0.3 is 0 Å². The first kappa shape index (κ1) is 22.1. The number of piperidine rings is 1. The number of piperazine rings is 1. The largest absolute Gasteiger partial charge is 0.379 e. The molecule has 4 aliphatic rings. The van der Waals surface area contributed by atoms with Crippen LogP contribution >= 0.6 is 0 Å². The summed E-state index contributed by atoms with van der Waals surface area (Å²) in [5.41, 5.74) is -0.190. The van der Waals surface area contributed by atoms with Crippen molar-refractivity contribution >= 4 is 11.7 Å². The Bertz CT molecular complexity index is 763. The summed E-state index contributed by atoms with van der Waals surface area (Å²) in [4.78, 5) is 28.3. The van der Waals surface area contributed by atoms with Gasteiger partial charge in [0.1, 0.15) is 5.82 Å². The van der Waals surface area contributed by atoms with Gasteiger partial charge in [0.15, 0.2) is 0 Å². The van der Waals surface area contributed by atoms with Crippen LogP contribution in [0.4, 0.5) is 5.82 Å². The summed E-state index contributed by atoms with van der Waals surface area (Å²) in [5.74, 6) is 1.96. The highest BCUT2D eigenvalue weighted by atomic mass is 16.5. The molecule has 0 bridgehead atoms. The van der Waals surface area contributed by atoms with Gasteiger partial charge in [0, 0.05) is 58.1 Å². The van der Waals surface area contributed by atoms with E-state index in [4.69, 9.17) is 4.74 Å². The van der Waals surface area contributed by atoms with Gasteiger partial charge in [-0.25, -0.2) is 4.98 Å². The number of hydrogen-bond acceptors (Lipinski definition) is 6. The Balaban J connectivity index is 1.28. The third-order valence-corrected chi connectivity index (χ3v) is 8.54. The number of carbonyl (C=O) groups excluding carboxylic acids is 1. The minimum Gasteiger partial charge on any atom is -0.379 e. The molecule has 4 heterocycles. The van der Waals surface area contributed by atoms with E-state index in [1.165, 1.54) is 6.42 Å². The molecule has 0 spiro atoms. The Morgan fingerprint density at radius 3 is 2.62 bits per heavy atom. The summed E-state index contributed by atoms with van der Waals surface area (Å²) in [5, 5.41) is 0. The molecule has 4 fully saturated rings. The molecule has 1 saturated carbocycles. The van der Waals surface area contributed by atoms with Gasteiger partial charge in [0.25, 0.3) is 0 Å². The predicted octanol–water partition coefficient (Wildman–Crippen LogP) is 1.94. The molecule has 0 aromatic carbocycles. The maximum atomic E-state index is 14.1. The molecule has 1 aliphatic carbocycles. The Morgan fingerprint density at radius 2 is 1.91 bits per heavy atom. The number of nitrogens with zero attached hydrogens (tertiary/aromatic N) is 5. The maximum Gasteiger partial charge on any atom is 0.230 e. The van der Waals surface area contributed by atoms with Gasteiger partial charge in [-0.3, -0.25) is 9.69 Å². The van der Waals surface area contributed by atoms with Gasteiger partial charge in [-0.15, -0.1) is 0 Å². The standard InChI is InChI=1S/C25H39N5O2/c1-2-27-10-7-21-19-22(28-15-17-32-18-16-28)6-8-25(21,20-27)24(31)30-13-11-29(12-14-30)23-5-3-4-9-26-23/h3-5,9,21-22H,2,6-8,10-20H2,1H3/t21-,22+,25-/m1/s1. The van der Waals surface area contributed by atoms with E-state index in [9.17, 15) is 4.79 Å². The number of amides is 1. The fourth-order valence-corrected chi connectivity index (χ4v) is 6.61. The molecular formula is C25H39N5O2. The third kappa shape index (κ3) is 4.27. The lowest BCUT2D eigenvalue weighted by Crippen LogP contribution is -2.63. The van der Waals surface area contributed by atoms with Crippen LogP contribution in [0.15, 0.2) is 24.4 Å². The number of aromatic nitrogens is 1. The fraction of sp³-hybridized carbons (Fsp3) is 0.760. The number of anilines is 1. The molecular weight excluding hydrogens is 402 g/mol. The second-order valence-corrected chi connectivity index (χ2v) is 10.1. The van der Waals surface area contributed by atoms with Crippen LogP contribution in [0.25, 0.3) is 0 Å². The van der Waals surface area contributed by atoms with Gasteiger partial charge in [0.05, 0.1) is 18.6 Å². The smallest absolute Gasteiger partial charge is 0.230 e. The van der Waals surface area contributed by atoms with Crippen LogP contribution in [0.3, 0.4) is 0 Å². The summed E-state index contributed by atoms with van der Waals surface area (Å²) < 4.78 is 5.59. The van der Waals surface area contributed by atoms with Crippen molar-refractivity contribution in [1.29, 1.82) is 0 Å². The van der Waals surface area contributed by atoms with Crippen molar-refractivity contribution in [2.45, 2.75) is 38.6 Å². The molecule has 0 radical (unpaired) electrons. The van der Waals surface area contributed by atoms with Crippen LogP contribution in [0.5, 0.6) is 0 Å². The summed E-state index contributed by atoms with van der Waals surface area (Å²) in [6.45, 7) is 12.5. The van der Waals surface area contributed by atoms with Crippen LogP contribution in [0, 0.1) is 11.3 Å². The maximum absolute atomic E-state index is 14.1. The monoisotopic (exact) mass is 441 g/mol. The predicted molar refractivity (Wildman–Crippen MR) is 126 cm³/mol. The van der Waals surface area contributed by atoms with Crippen molar-refractivity contribution in [3.63, 3.8) is 0 Å². The molecule has 0 unspecified atom stereocenters. The number of morpholine rings is 1. The summed E-state index contributed by atoms with van der Waals surface area (Å²) in [6.07, 6.45) is 6.37. The highest BCUT2D eigenvalue weighted by Gasteiger charge is 2.53. The van der Waals surface area contributed by atoms with Crippen LogP contribution < -0.4 is 4.90 Å². The lowest BCUT2D eigenvalue weighted by atomic mass is 9.60. The van der Waals surface area contributed by atoms with Crippen molar-refractivity contribution < 1.29 is 9.53 Å². The van der Waals surface area contributed by atoms with E-state index in [0.29, 0.717) is 17.9 Å². The van der Waals surface area contributed by atoms with Crippen LogP contribution in [0.1, 0.15) is 32.6 Å². The summed E-state index contributed by atoms with van der Waals surface area (Å²) in [6, 6.07) is 6.69. The molecule has 7 heteroatoms. The highest BCUT2D eigenvalue weighted by molar-refractivity contribution is 5.84. The van der Waals surface area contributed by atoms with Gasteiger partial charge in [-0.05, 0) is 56.8 Å². The van der Waals surface area contributed by atoms with E-state index < -0.39 is 0 Å². The van der Waals surface area contributed by atoms with E-state index in [-0.39, 0.29) is 5.41 Å². The van der Waals surface area contributed by atoms with E-state index in [0.717, 1.165) is 97.2 Å². The Hall–Kier alpha value is -1.70. The Kier molecular flexibility index (Phi) is 6.67. The van der Waals surface area contributed by atoms with E-state index in [1.807, 2.05) is 18.3 Å². The minimum atomic E-state index is -0.190. The highest BCUT2D eigenvalue weighted by Crippen LogP contribution is 2.49. The topological polar surface area (TPSA) is 52.2 Å². The molecule has 1 aromatic heterocycles. The lowest BCUT2D eigenvalue weighted by Gasteiger charge is -2.54. The van der Waals surface area contributed by atoms with Gasteiger partial charge in [-0.2, -0.15) is 0 Å². The Labute approximate surface area is 192 Å². The number of pyridine rings is 1. The number of ether oxygens (including phenoxy) is 1. The summed E-state index contributed by atoms with van der Waals surface area (Å²) in [7, 11) is 0. The van der Waals surface area contributed by atoms with Gasteiger partial charge < -0.3 is 19.4 Å². The molecule has 3 atom stereocenters. The average Bonchev–Trinajstić information content (AvgIpc) is 2.88. The first-order chi connectivity index (χ1) is 15.7. The van der Waals surface area contributed by atoms with Gasteiger partial charge in [-0.1, -0.05) is 13.0 Å². The van der Waals surface area contributed by atoms with Crippen molar-refractivity contribution in [3.8, 4) is 0 Å². The normalized spacial score (nSPS) is 32.5. The molecule has 176 valence electrons. The SMILES string of the molecule is CCN1CC[C@@H]2C[C@@H](N3CCOCC3)CC[C@@]2(C(=O)N2CCN(c3ccccn3)CC2)C1. The molecule has 0 N–H and O–H groups in total. The van der Waals surface area contributed by atoms with Crippen LogP contribution in [0.2, 0.25) is 0 Å². The van der Waals surface area contributed by atoms with Crippen molar-refractivity contribution in [2.75, 3.05) is 77.0 Å². The minimum absolute atomic E-state index is 0.190. The quantitative estimate of drug-likeness (QED) is 0.712. The zero-order valence-electron chi connectivity index (χ0n) is 19.6. The summed E-state index contributed by atoms with van der Waals surface area (Å²) >= 11 is 0. The molecule has 32 heavy (non-hydrogen) atoms. The second kappa shape index (κ2) is 9.65. The van der Waals surface area contributed by atoms with Gasteiger partial charge in [0.2, 0.25) is 5.91 Å². The number of hydrogen-bond donors (Lipinski definition) is 0. The Morgan fingerprint density at radius 1 is 1.09 bits per heavy atom. The third-order valence-electron chi connectivity index (χ3n) is 8.54. The molecule has 7 nitrogen and oxygen atoms in total. The molecule has 1 amide bonds. The molecule has 3 saturated heterocycles. The zero-order valence-corrected chi connectivity index (χ0v) is 19.6. The van der Waals surface area contributed by atoms with E-state index >= 15 is 0 Å². The van der Waals surface area contributed by atoms with Crippen molar-refractivity contribution in [3.05, 3.63) is 24.4 Å². The average molecular weight is 442 g/mol. The zero-order chi connectivity index (χ0) is 22.0. The lowest BCUT2D eigenvalue weighted by molar-refractivity contribution is -0.156. The molecule has 1 aromatic rings. The van der Waals surface area contributed by atoms with E-state index in [2.05, 4.69) is 37.6 Å². The fourth-order valence-electron chi connectivity index (χ4n) is 6.61. The number of likely N-dealkylation sites (tertiary alicyclic amines) is 1. The van der Waals surface area contributed by atoms with Crippen molar-refractivity contribution in [2.24, 2.45) is 11.3 Å². The van der Waals surface area contributed by atoms with E-state index in [1.54, 1.807) is 0 Å². The first-order valence-electron chi connectivity index (χ1n) is 12.7. The second-order valence-electron chi connectivity index (χ2n) is 10.1. The van der Waals surface area contributed by atoms with Crippen LogP contribution in [-0.2, 0) is 9.53 Å². The number of carbonyl (C=O) groups is 1. The number of rotatable bonds is 4. The molecule has 5 rings (SSSR count). The number of fused-ring (bicyclic) bond motifs is 1. The molecule has 3 aliphatic heterocycles. The first-order valence-corrected chi connectivity index (χ1v) is 12.7. The van der Waals surface area contributed by atoms with Crippen LogP contribution in [-0.4, -0.2) is 104 Å². The van der Waals surface area contributed by atoms with Crippen molar-refractivity contribution in [1.82, 2.24) is 19.7 Å².